The van der Waals surface area contributed by atoms with Gasteiger partial charge in [-0.2, -0.15) is 5.10 Å². The van der Waals surface area contributed by atoms with Gasteiger partial charge in [-0.3, -0.25) is 9.10 Å². The van der Waals surface area contributed by atoms with Crippen LogP contribution in [0.2, 0.25) is 0 Å². The fraction of sp³-hybridized carbons (Fsp3) is 0.172. The van der Waals surface area contributed by atoms with Crippen LogP contribution in [0.25, 0.3) is 5.69 Å². The highest BCUT2D eigenvalue weighted by molar-refractivity contribution is 9.10. The number of hydrogen-bond acceptors (Lipinski definition) is 5. The summed E-state index contributed by atoms with van der Waals surface area (Å²) in [4.78, 5) is 13.0. The molecule has 0 saturated carbocycles. The zero-order chi connectivity index (χ0) is 29.0. The van der Waals surface area contributed by atoms with Crippen molar-refractivity contribution < 1.29 is 17.9 Å². The summed E-state index contributed by atoms with van der Waals surface area (Å²) in [6.07, 6.45) is 1.56. The second kappa shape index (κ2) is 12.4. The summed E-state index contributed by atoms with van der Waals surface area (Å²) in [5.41, 5.74) is 7.57. The number of benzene rings is 3. The van der Waals surface area contributed by atoms with Gasteiger partial charge in [-0.05, 0) is 91.3 Å². The average molecular weight is 688 g/mol. The van der Waals surface area contributed by atoms with E-state index in [1.165, 1.54) is 19.2 Å². The maximum absolute atomic E-state index is 13.7. The fourth-order valence-electron chi connectivity index (χ4n) is 4.23. The van der Waals surface area contributed by atoms with Gasteiger partial charge in [-0.1, -0.05) is 39.7 Å². The molecule has 0 aliphatic carbocycles. The lowest BCUT2D eigenvalue weighted by Gasteiger charge is -2.24. The first-order valence-corrected chi connectivity index (χ1v) is 15.2. The Kier molecular flexibility index (Phi) is 9.17. The van der Waals surface area contributed by atoms with Crippen LogP contribution in [0.15, 0.2) is 91.7 Å². The van der Waals surface area contributed by atoms with Gasteiger partial charge in [0, 0.05) is 27.1 Å². The van der Waals surface area contributed by atoms with Crippen LogP contribution in [0.5, 0.6) is 5.75 Å². The monoisotopic (exact) mass is 686 g/mol. The number of halogens is 2. The third kappa shape index (κ3) is 6.48. The average Bonchev–Trinajstić information content (AvgIpc) is 3.20. The van der Waals surface area contributed by atoms with E-state index in [1.54, 1.807) is 36.5 Å². The highest BCUT2D eigenvalue weighted by Gasteiger charge is 2.28. The number of hydrogen-bond donors (Lipinski definition) is 1. The van der Waals surface area contributed by atoms with Crippen LogP contribution in [0.1, 0.15) is 22.5 Å². The van der Waals surface area contributed by atoms with Gasteiger partial charge >= 0.3 is 0 Å². The third-order valence-corrected chi connectivity index (χ3v) is 9.13. The van der Waals surface area contributed by atoms with Crippen LogP contribution >= 0.6 is 31.9 Å². The number of aromatic nitrogens is 1. The van der Waals surface area contributed by atoms with Gasteiger partial charge in [-0.15, -0.1) is 0 Å². The van der Waals surface area contributed by atoms with E-state index in [0.717, 1.165) is 37.0 Å². The lowest BCUT2D eigenvalue weighted by Crippen LogP contribution is -2.39. The number of carbonyl (C=O) groups is 1. The molecule has 8 nitrogen and oxygen atoms in total. The Morgan fingerprint density at radius 3 is 2.40 bits per heavy atom. The molecule has 1 heterocycles. The molecule has 40 heavy (non-hydrogen) atoms. The molecule has 0 saturated heterocycles. The summed E-state index contributed by atoms with van der Waals surface area (Å²) in [5, 5.41) is 4.13. The Morgan fingerprint density at radius 1 is 1.02 bits per heavy atom. The Bertz CT molecular complexity index is 1680. The minimum Gasteiger partial charge on any atom is -0.496 e. The van der Waals surface area contributed by atoms with E-state index in [4.69, 9.17) is 4.74 Å². The number of nitrogens with zero attached hydrogens (tertiary/aromatic N) is 3. The lowest BCUT2D eigenvalue weighted by molar-refractivity contribution is -0.119. The van der Waals surface area contributed by atoms with Crippen molar-refractivity contribution in [1.82, 2.24) is 9.99 Å². The van der Waals surface area contributed by atoms with Crippen LogP contribution in [0.3, 0.4) is 0 Å². The zero-order valence-corrected chi connectivity index (χ0v) is 26.3. The number of carbonyl (C=O) groups excluding carboxylic acids is 1. The van der Waals surface area contributed by atoms with E-state index in [-0.39, 0.29) is 4.90 Å². The summed E-state index contributed by atoms with van der Waals surface area (Å²) < 4.78 is 37.2. The zero-order valence-electron chi connectivity index (χ0n) is 22.4. The van der Waals surface area contributed by atoms with E-state index in [0.29, 0.717) is 15.9 Å². The van der Waals surface area contributed by atoms with Gasteiger partial charge in [-0.25, -0.2) is 13.8 Å². The second-order valence-corrected chi connectivity index (χ2v) is 12.7. The predicted octanol–water partition coefficient (Wildman–Crippen LogP) is 6.28. The van der Waals surface area contributed by atoms with E-state index in [2.05, 4.69) is 47.0 Å². The molecule has 0 spiro atoms. The number of hydrazone groups is 1. The van der Waals surface area contributed by atoms with Gasteiger partial charge in [0.15, 0.2) is 0 Å². The molecule has 0 radical (unpaired) electrons. The summed E-state index contributed by atoms with van der Waals surface area (Å²) in [7, 11) is -2.61. The molecule has 4 rings (SSSR count). The van der Waals surface area contributed by atoms with Crippen molar-refractivity contribution in [3.8, 4) is 11.4 Å². The molecule has 0 fully saturated rings. The molecule has 11 heteroatoms. The Hall–Kier alpha value is -3.41. The number of anilines is 1. The lowest BCUT2D eigenvalue weighted by atomic mass is 10.2. The molecule has 0 aliphatic rings. The molecule has 0 bridgehead atoms. The van der Waals surface area contributed by atoms with E-state index < -0.39 is 22.5 Å². The predicted molar refractivity (Wildman–Crippen MR) is 165 cm³/mol. The first-order chi connectivity index (χ1) is 19.0. The van der Waals surface area contributed by atoms with Crippen LogP contribution < -0.4 is 14.5 Å². The summed E-state index contributed by atoms with van der Waals surface area (Å²) in [6.45, 7) is 5.39. The molecule has 0 atom stereocenters. The number of sulfonamides is 1. The molecule has 0 aliphatic heterocycles. The van der Waals surface area contributed by atoms with Crippen molar-refractivity contribution in [3.05, 3.63) is 104 Å². The maximum atomic E-state index is 13.7. The van der Waals surface area contributed by atoms with E-state index >= 15 is 0 Å². The molecular weight excluding hydrogens is 660 g/mol. The topological polar surface area (TPSA) is 93.0 Å². The smallest absolute Gasteiger partial charge is 0.264 e. The van der Waals surface area contributed by atoms with Gasteiger partial charge in [0.25, 0.3) is 15.9 Å². The summed E-state index contributed by atoms with van der Waals surface area (Å²) in [6, 6.07) is 21.3. The van der Waals surface area contributed by atoms with Crippen LogP contribution in [-0.4, -0.2) is 38.8 Å². The van der Waals surface area contributed by atoms with Gasteiger partial charge < -0.3 is 9.30 Å². The minimum absolute atomic E-state index is 0.0111. The molecular formula is C29H28Br2N4O4S. The normalized spacial score (nSPS) is 11.6. The molecule has 208 valence electrons. The Labute approximate surface area is 251 Å². The quantitative estimate of drug-likeness (QED) is 0.166. The van der Waals surface area contributed by atoms with E-state index in [1.807, 2.05) is 51.1 Å². The van der Waals surface area contributed by atoms with Crippen LogP contribution in [0.4, 0.5) is 5.69 Å². The van der Waals surface area contributed by atoms with Crippen molar-refractivity contribution in [3.63, 3.8) is 0 Å². The maximum Gasteiger partial charge on any atom is 0.264 e. The first kappa shape index (κ1) is 29.6. The SMILES string of the molecule is COc1ccc(S(=O)(=O)N(CC(=O)N/N=C/c2cc(C)n(-c3cccc(Br)c3)c2C)c2ccc(C)cc2)cc1Br. The van der Waals surface area contributed by atoms with Crippen molar-refractivity contribution in [1.29, 1.82) is 0 Å². The van der Waals surface area contributed by atoms with Crippen molar-refractivity contribution in [2.75, 3.05) is 18.0 Å². The molecule has 3 aromatic carbocycles. The fourth-order valence-corrected chi connectivity index (χ4v) is 6.76. The second-order valence-electron chi connectivity index (χ2n) is 9.08. The molecule has 1 amide bonds. The largest absolute Gasteiger partial charge is 0.496 e. The Balaban J connectivity index is 1.57. The minimum atomic E-state index is -4.10. The van der Waals surface area contributed by atoms with Gasteiger partial charge in [0.1, 0.15) is 12.3 Å². The molecule has 1 N–H and O–H groups in total. The number of nitrogens with one attached hydrogen (secondary N) is 1. The van der Waals surface area contributed by atoms with Gasteiger partial charge in [0.05, 0.1) is 28.4 Å². The molecule has 1 aromatic heterocycles. The van der Waals surface area contributed by atoms with Crippen molar-refractivity contribution in [2.45, 2.75) is 25.7 Å². The van der Waals surface area contributed by atoms with Crippen molar-refractivity contribution >= 4 is 59.7 Å². The molecule has 0 unspecified atom stereocenters. The highest BCUT2D eigenvalue weighted by Crippen LogP contribution is 2.31. The van der Waals surface area contributed by atoms with Crippen molar-refractivity contribution in [2.24, 2.45) is 5.10 Å². The number of rotatable bonds is 9. The van der Waals surface area contributed by atoms with Crippen LogP contribution in [-0.2, 0) is 14.8 Å². The van der Waals surface area contributed by atoms with E-state index in [9.17, 15) is 13.2 Å². The van der Waals surface area contributed by atoms with Crippen LogP contribution in [0, 0.1) is 20.8 Å². The number of aryl methyl sites for hydroxylation is 2. The summed E-state index contributed by atoms with van der Waals surface area (Å²) >= 11 is 6.85. The molecule has 4 aromatic rings. The Morgan fingerprint density at radius 2 is 1.75 bits per heavy atom. The highest BCUT2D eigenvalue weighted by atomic mass is 79.9. The summed E-state index contributed by atoms with van der Waals surface area (Å²) in [5.74, 6) is -0.0963. The number of amides is 1. The number of ether oxygens (including phenoxy) is 1. The van der Waals surface area contributed by atoms with Gasteiger partial charge in [0.2, 0.25) is 0 Å². The third-order valence-electron chi connectivity index (χ3n) is 6.25. The first-order valence-electron chi connectivity index (χ1n) is 12.2. The number of methoxy groups -OCH3 is 1. The standard InChI is InChI=1S/C29H28Br2N4O4S/c1-19-8-10-24(11-9-19)34(40(37,38)26-12-13-28(39-4)27(31)16-26)18-29(36)33-32-17-22-14-20(2)35(21(22)3)25-7-5-6-23(30)15-25/h5-17H,18H2,1-4H3,(H,33,36)/b32-17+.